The van der Waals surface area contributed by atoms with Crippen LogP contribution < -0.4 is 10.0 Å². The van der Waals surface area contributed by atoms with E-state index in [4.69, 9.17) is 0 Å². The standard InChI is InChI=1S/C18H19F3N2O4S/c1-22-28(25,26)13-7-8-16(14(11-13)17(24)27-2)23-10-9-12-5-3-4-6-15(12)18(19,20)21/h3-8,11,22-23H,9-10H2,1-2H3. The van der Waals surface area contributed by atoms with E-state index in [-0.39, 0.29) is 34.7 Å². The summed E-state index contributed by atoms with van der Waals surface area (Å²) in [6, 6.07) is 9.01. The molecule has 0 amide bonds. The van der Waals surface area contributed by atoms with E-state index in [2.05, 4.69) is 14.8 Å². The quantitative estimate of drug-likeness (QED) is 0.678. The summed E-state index contributed by atoms with van der Waals surface area (Å²) in [5, 5.41) is 2.87. The van der Waals surface area contributed by atoms with Crippen LogP contribution in [0.1, 0.15) is 21.5 Å². The van der Waals surface area contributed by atoms with Gasteiger partial charge in [0.15, 0.2) is 0 Å². The summed E-state index contributed by atoms with van der Waals surface area (Å²) in [6.07, 6.45) is -4.41. The minimum Gasteiger partial charge on any atom is -0.465 e. The van der Waals surface area contributed by atoms with Crippen molar-refractivity contribution < 1.29 is 31.1 Å². The number of rotatable bonds is 7. The minimum absolute atomic E-state index is 0.0390. The minimum atomic E-state index is -4.46. The number of carbonyl (C=O) groups is 1. The molecule has 28 heavy (non-hydrogen) atoms. The molecule has 2 rings (SSSR count). The maximum absolute atomic E-state index is 13.1. The van der Waals surface area contributed by atoms with Crippen molar-refractivity contribution in [1.29, 1.82) is 0 Å². The predicted molar refractivity (Wildman–Crippen MR) is 97.7 cm³/mol. The van der Waals surface area contributed by atoms with Gasteiger partial charge < -0.3 is 10.1 Å². The van der Waals surface area contributed by atoms with Crippen LogP contribution >= 0.6 is 0 Å². The highest BCUT2D eigenvalue weighted by Crippen LogP contribution is 2.32. The number of halogens is 3. The molecule has 2 N–H and O–H groups in total. The van der Waals surface area contributed by atoms with Crippen molar-refractivity contribution in [3.05, 3.63) is 59.2 Å². The summed E-state index contributed by atoms with van der Waals surface area (Å²) in [5.41, 5.74) is -0.397. The van der Waals surface area contributed by atoms with Crippen molar-refractivity contribution in [1.82, 2.24) is 4.72 Å². The fourth-order valence-corrected chi connectivity index (χ4v) is 3.34. The molecule has 0 fully saturated rings. The molecule has 0 aliphatic rings. The number of anilines is 1. The average Bonchev–Trinajstić information content (AvgIpc) is 2.67. The number of benzene rings is 2. The molecule has 2 aromatic carbocycles. The van der Waals surface area contributed by atoms with Crippen molar-refractivity contribution in [3.63, 3.8) is 0 Å². The van der Waals surface area contributed by atoms with Crippen molar-refractivity contribution in [3.8, 4) is 0 Å². The first kappa shape index (κ1) is 21.7. The molecular formula is C18H19F3N2O4S. The van der Waals surface area contributed by atoms with Gasteiger partial charge in [-0.3, -0.25) is 0 Å². The number of ether oxygens (including phenoxy) is 1. The topological polar surface area (TPSA) is 84.5 Å². The third-order valence-corrected chi connectivity index (χ3v) is 5.42. The molecule has 0 atom stereocenters. The number of nitrogens with one attached hydrogen (secondary N) is 2. The van der Waals surface area contributed by atoms with Crippen LogP contribution in [0, 0.1) is 0 Å². The van der Waals surface area contributed by atoms with Gasteiger partial charge in [0.2, 0.25) is 10.0 Å². The molecule has 0 radical (unpaired) electrons. The molecule has 152 valence electrons. The normalized spacial score (nSPS) is 11.9. The van der Waals surface area contributed by atoms with Gasteiger partial charge in [0.25, 0.3) is 0 Å². The molecule has 0 bridgehead atoms. The molecule has 0 aliphatic carbocycles. The largest absolute Gasteiger partial charge is 0.465 e. The van der Waals surface area contributed by atoms with Crippen molar-refractivity contribution in [2.75, 3.05) is 26.0 Å². The van der Waals surface area contributed by atoms with E-state index in [1.165, 1.54) is 37.4 Å². The van der Waals surface area contributed by atoms with E-state index < -0.39 is 27.7 Å². The first-order valence-electron chi connectivity index (χ1n) is 8.15. The zero-order valence-electron chi connectivity index (χ0n) is 15.1. The van der Waals surface area contributed by atoms with Gasteiger partial charge in [-0.25, -0.2) is 17.9 Å². The Kier molecular flexibility index (Phi) is 6.68. The number of alkyl halides is 3. The van der Waals surface area contributed by atoms with Crippen LogP contribution in [0.15, 0.2) is 47.4 Å². The van der Waals surface area contributed by atoms with Gasteiger partial charge in [-0.1, -0.05) is 18.2 Å². The highest BCUT2D eigenvalue weighted by atomic mass is 32.2. The molecule has 0 aliphatic heterocycles. The zero-order valence-corrected chi connectivity index (χ0v) is 15.9. The Hall–Kier alpha value is -2.59. The van der Waals surface area contributed by atoms with Gasteiger partial charge in [0, 0.05) is 12.2 Å². The average molecular weight is 416 g/mol. The Morgan fingerprint density at radius 3 is 2.43 bits per heavy atom. The van der Waals surface area contributed by atoms with E-state index in [1.807, 2.05) is 0 Å². The molecule has 10 heteroatoms. The Labute approximate surface area is 160 Å². The highest BCUT2D eigenvalue weighted by molar-refractivity contribution is 7.89. The summed E-state index contributed by atoms with van der Waals surface area (Å²) >= 11 is 0. The van der Waals surface area contributed by atoms with Crippen LogP contribution in [0.4, 0.5) is 18.9 Å². The van der Waals surface area contributed by atoms with E-state index in [0.29, 0.717) is 0 Å². The maximum Gasteiger partial charge on any atom is 0.416 e. The van der Waals surface area contributed by atoms with E-state index in [9.17, 15) is 26.4 Å². The van der Waals surface area contributed by atoms with Gasteiger partial charge in [0.1, 0.15) is 0 Å². The fraction of sp³-hybridized carbons (Fsp3) is 0.278. The number of carbonyl (C=O) groups excluding carboxylic acids is 1. The Morgan fingerprint density at radius 2 is 1.82 bits per heavy atom. The Morgan fingerprint density at radius 1 is 1.14 bits per heavy atom. The molecule has 0 aromatic heterocycles. The van der Waals surface area contributed by atoms with Crippen molar-refractivity contribution in [2.24, 2.45) is 0 Å². The summed E-state index contributed by atoms with van der Waals surface area (Å²) < 4.78 is 69.8. The maximum atomic E-state index is 13.1. The molecule has 0 unspecified atom stereocenters. The fourth-order valence-electron chi connectivity index (χ4n) is 2.59. The van der Waals surface area contributed by atoms with Crippen LogP contribution in [0.2, 0.25) is 0 Å². The summed E-state index contributed by atoms with van der Waals surface area (Å²) in [4.78, 5) is 11.9. The van der Waals surface area contributed by atoms with Crippen LogP contribution in [0.3, 0.4) is 0 Å². The lowest BCUT2D eigenvalue weighted by atomic mass is 10.0. The molecule has 0 spiro atoms. The summed E-state index contributed by atoms with van der Waals surface area (Å²) in [7, 11) is -1.40. The monoisotopic (exact) mass is 416 g/mol. The van der Waals surface area contributed by atoms with Gasteiger partial charge in [-0.2, -0.15) is 13.2 Å². The van der Waals surface area contributed by atoms with Gasteiger partial charge in [-0.05, 0) is 43.3 Å². The third-order valence-electron chi connectivity index (χ3n) is 4.01. The summed E-state index contributed by atoms with van der Waals surface area (Å²) in [6.45, 7) is 0.0925. The van der Waals surface area contributed by atoms with Gasteiger partial charge in [0.05, 0.1) is 23.1 Å². The van der Waals surface area contributed by atoms with Gasteiger partial charge in [-0.15, -0.1) is 0 Å². The highest BCUT2D eigenvalue weighted by Gasteiger charge is 2.32. The predicted octanol–water partition coefficient (Wildman–Crippen LogP) is 3.05. The van der Waals surface area contributed by atoms with E-state index in [1.54, 1.807) is 0 Å². The Balaban J connectivity index is 2.24. The number of esters is 1. The second kappa shape index (κ2) is 8.61. The van der Waals surface area contributed by atoms with Crippen LogP contribution in [0.5, 0.6) is 0 Å². The van der Waals surface area contributed by atoms with Gasteiger partial charge >= 0.3 is 12.1 Å². The lowest BCUT2D eigenvalue weighted by Gasteiger charge is -2.15. The molecular weight excluding hydrogens is 397 g/mol. The zero-order chi connectivity index (χ0) is 20.9. The van der Waals surface area contributed by atoms with E-state index in [0.717, 1.165) is 19.2 Å². The summed E-state index contributed by atoms with van der Waals surface area (Å²) in [5.74, 6) is -0.772. The van der Waals surface area contributed by atoms with Crippen LogP contribution in [-0.2, 0) is 27.4 Å². The lowest BCUT2D eigenvalue weighted by Crippen LogP contribution is -2.20. The smallest absolute Gasteiger partial charge is 0.416 e. The molecule has 2 aromatic rings. The molecule has 0 saturated carbocycles. The first-order chi connectivity index (χ1) is 13.1. The van der Waals surface area contributed by atoms with E-state index >= 15 is 0 Å². The second-order valence-corrected chi connectivity index (χ2v) is 7.62. The first-order valence-corrected chi connectivity index (χ1v) is 9.63. The molecule has 0 heterocycles. The molecule has 0 saturated heterocycles. The number of methoxy groups -OCH3 is 1. The second-order valence-electron chi connectivity index (χ2n) is 5.74. The number of sulfonamides is 1. The Bertz CT molecular complexity index is 960. The SMILES string of the molecule is CNS(=O)(=O)c1ccc(NCCc2ccccc2C(F)(F)F)c(C(=O)OC)c1. The van der Waals surface area contributed by atoms with Crippen molar-refractivity contribution in [2.45, 2.75) is 17.5 Å². The third kappa shape index (κ3) is 5.02. The van der Waals surface area contributed by atoms with Crippen LogP contribution in [0.25, 0.3) is 0 Å². The number of hydrogen-bond acceptors (Lipinski definition) is 5. The van der Waals surface area contributed by atoms with Crippen LogP contribution in [-0.4, -0.2) is 35.1 Å². The van der Waals surface area contributed by atoms with Crippen molar-refractivity contribution >= 4 is 21.7 Å². The molecule has 6 nitrogen and oxygen atoms in total. The lowest BCUT2D eigenvalue weighted by molar-refractivity contribution is -0.138. The number of hydrogen-bond donors (Lipinski definition) is 2.